The first-order valence-corrected chi connectivity index (χ1v) is 15.2. The molecule has 0 aromatic carbocycles. The third kappa shape index (κ3) is 22.2. The van der Waals surface area contributed by atoms with E-state index in [9.17, 15) is 19.4 Å². The van der Waals surface area contributed by atoms with E-state index in [2.05, 4.69) is 31.3 Å². The van der Waals surface area contributed by atoms with Crippen LogP contribution in [0.25, 0.3) is 0 Å². The second kappa shape index (κ2) is 21.0. The van der Waals surface area contributed by atoms with Crippen LogP contribution in [0.4, 0.5) is 0 Å². The van der Waals surface area contributed by atoms with Gasteiger partial charge in [-0.15, -0.1) is 0 Å². The minimum absolute atomic E-state index is 0.00664. The van der Waals surface area contributed by atoms with Crippen molar-refractivity contribution in [1.82, 2.24) is 5.32 Å². The number of aliphatic hydroxyl groups is 1. The molecule has 0 aliphatic carbocycles. The fourth-order valence-corrected chi connectivity index (χ4v) is 4.06. The molecule has 0 radical (unpaired) electrons. The van der Waals surface area contributed by atoms with Gasteiger partial charge in [0.25, 0.3) is 7.82 Å². The summed E-state index contributed by atoms with van der Waals surface area (Å²) in [6, 6.07) is -0.890. The van der Waals surface area contributed by atoms with Crippen molar-refractivity contribution in [3.63, 3.8) is 0 Å². The first-order valence-electron chi connectivity index (χ1n) is 13.7. The molecule has 9 heteroatoms. The molecule has 8 nitrogen and oxygen atoms in total. The van der Waals surface area contributed by atoms with Crippen LogP contribution in [0.1, 0.15) is 90.9 Å². The van der Waals surface area contributed by atoms with E-state index in [1.165, 1.54) is 25.7 Å². The lowest BCUT2D eigenvalue weighted by molar-refractivity contribution is -0.870. The summed E-state index contributed by atoms with van der Waals surface area (Å²) in [5.41, 5.74) is 0. The molecular weight excluding hydrogens is 479 g/mol. The van der Waals surface area contributed by atoms with E-state index in [0.29, 0.717) is 17.4 Å². The van der Waals surface area contributed by atoms with Crippen molar-refractivity contribution in [3.8, 4) is 0 Å². The van der Waals surface area contributed by atoms with E-state index in [1.807, 2.05) is 27.2 Å². The third-order valence-electron chi connectivity index (χ3n) is 5.66. The molecule has 0 rings (SSSR count). The van der Waals surface area contributed by atoms with Crippen LogP contribution in [0.3, 0.4) is 0 Å². The number of phosphoric ester groups is 1. The molecule has 36 heavy (non-hydrogen) atoms. The van der Waals surface area contributed by atoms with Crippen LogP contribution in [-0.4, -0.2) is 68.5 Å². The zero-order valence-corrected chi connectivity index (χ0v) is 24.3. The molecule has 212 valence electrons. The highest BCUT2D eigenvalue weighted by molar-refractivity contribution is 7.45. The summed E-state index contributed by atoms with van der Waals surface area (Å²) >= 11 is 0. The molecule has 0 aromatic rings. The summed E-state index contributed by atoms with van der Waals surface area (Å²) in [5, 5.41) is 13.4. The number of rotatable bonds is 23. The number of nitrogens with zero attached hydrogens (tertiary/aromatic N) is 1. The molecular formula is C27H53N2O6P. The standard InChI is InChI=1S/C27H53N2O6P/c1-6-8-10-12-13-14-15-16-17-18-20-26(30)25(28-27(31)21-19-11-9-7-2)24-35-36(32,33)34-23-22-29(3,4)5/h14-15,18,20,25-26,30H,6-13,16-17,19,21-24H2,1-5H3,(H-,28,31,32,33)/b15-14+,20-18+. The van der Waals surface area contributed by atoms with Gasteiger partial charge in [0.2, 0.25) is 5.91 Å². The number of aliphatic hydroxyl groups excluding tert-OH is 1. The molecule has 0 saturated heterocycles. The van der Waals surface area contributed by atoms with Gasteiger partial charge in [0.15, 0.2) is 0 Å². The van der Waals surface area contributed by atoms with E-state index in [4.69, 9.17) is 9.05 Å². The topological polar surface area (TPSA) is 108 Å². The Morgan fingerprint density at radius 2 is 1.56 bits per heavy atom. The molecule has 2 N–H and O–H groups in total. The maximum Gasteiger partial charge on any atom is 0.268 e. The SMILES string of the molecule is CCCCCC/C=C/CC/C=C/C(O)C(COP(=O)([O-])OCC[N+](C)(C)C)NC(=O)CCCCCC. The normalized spacial score (nSPS) is 15.9. The van der Waals surface area contributed by atoms with Gasteiger partial charge in [-0.1, -0.05) is 76.7 Å². The molecule has 1 amide bonds. The van der Waals surface area contributed by atoms with Crippen molar-refractivity contribution in [1.29, 1.82) is 0 Å². The second-order valence-electron chi connectivity index (χ2n) is 10.4. The summed E-state index contributed by atoms with van der Waals surface area (Å²) in [6.07, 6.45) is 18.5. The van der Waals surface area contributed by atoms with Gasteiger partial charge in [-0.3, -0.25) is 9.36 Å². The zero-order chi connectivity index (χ0) is 27.3. The predicted octanol–water partition coefficient (Wildman–Crippen LogP) is 4.87. The van der Waals surface area contributed by atoms with E-state index >= 15 is 0 Å². The van der Waals surface area contributed by atoms with E-state index in [-0.39, 0.29) is 12.5 Å². The van der Waals surface area contributed by atoms with Gasteiger partial charge < -0.3 is 28.8 Å². The Hall–Kier alpha value is -1.02. The van der Waals surface area contributed by atoms with Gasteiger partial charge in [-0.05, 0) is 32.1 Å². The van der Waals surface area contributed by atoms with Crippen LogP contribution < -0.4 is 10.2 Å². The molecule has 0 aliphatic rings. The van der Waals surface area contributed by atoms with Gasteiger partial charge in [-0.2, -0.15) is 0 Å². The Kier molecular flexibility index (Phi) is 20.4. The summed E-state index contributed by atoms with van der Waals surface area (Å²) in [5.74, 6) is -0.232. The van der Waals surface area contributed by atoms with Crippen LogP contribution >= 0.6 is 7.82 Å². The predicted molar refractivity (Wildman–Crippen MR) is 145 cm³/mol. The van der Waals surface area contributed by atoms with E-state index < -0.39 is 26.6 Å². The van der Waals surface area contributed by atoms with Crippen LogP contribution in [0.5, 0.6) is 0 Å². The van der Waals surface area contributed by atoms with Crippen molar-refractivity contribution in [3.05, 3.63) is 24.3 Å². The number of quaternary nitrogens is 1. The maximum atomic E-state index is 12.4. The number of likely N-dealkylation sites (N-methyl/N-ethyl adjacent to an activating group) is 1. The molecule has 0 saturated carbocycles. The molecule has 0 spiro atoms. The second-order valence-corrected chi connectivity index (χ2v) is 11.8. The maximum absolute atomic E-state index is 12.4. The fraction of sp³-hybridized carbons (Fsp3) is 0.815. The van der Waals surface area contributed by atoms with Gasteiger partial charge in [0.1, 0.15) is 13.2 Å². The zero-order valence-electron chi connectivity index (χ0n) is 23.5. The van der Waals surface area contributed by atoms with Gasteiger partial charge >= 0.3 is 0 Å². The number of amides is 1. The van der Waals surface area contributed by atoms with Crippen molar-refractivity contribution >= 4 is 13.7 Å². The average molecular weight is 533 g/mol. The van der Waals surface area contributed by atoms with E-state index in [1.54, 1.807) is 6.08 Å². The smallest absolute Gasteiger partial charge is 0.268 e. The minimum atomic E-state index is -4.56. The molecule has 0 bridgehead atoms. The first kappa shape index (κ1) is 35.0. The molecule has 0 aromatic heterocycles. The van der Waals surface area contributed by atoms with Crippen molar-refractivity contribution < 1.29 is 32.9 Å². The number of hydrogen-bond acceptors (Lipinski definition) is 6. The number of unbranched alkanes of at least 4 members (excludes halogenated alkanes) is 8. The van der Waals surface area contributed by atoms with Crippen molar-refractivity contribution in [2.75, 3.05) is 40.9 Å². The minimum Gasteiger partial charge on any atom is -0.756 e. The van der Waals surface area contributed by atoms with Gasteiger partial charge in [-0.25, -0.2) is 0 Å². The Labute approximate surface area is 220 Å². The number of carbonyl (C=O) groups is 1. The third-order valence-corrected chi connectivity index (χ3v) is 6.63. The lowest BCUT2D eigenvalue weighted by atomic mass is 10.1. The average Bonchev–Trinajstić information content (AvgIpc) is 2.79. The summed E-state index contributed by atoms with van der Waals surface area (Å²) in [7, 11) is 1.23. The number of phosphoric acid groups is 1. The molecule has 3 unspecified atom stereocenters. The highest BCUT2D eigenvalue weighted by Gasteiger charge is 2.23. The quantitative estimate of drug-likeness (QED) is 0.0841. The molecule has 0 heterocycles. The fourth-order valence-electron chi connectivity index (χ4n) is 3.34. The van der Waals surface area contributed by atoms with Crippen molar-refractivity contribution in [2.45, 2.75) is 103 Å². The Balaban J connectivity index is 4.76. The lowest BCUT2D eigenvalue weighted by Crippen LogP contribution is -2.45. The Morgan fingerprint density at radius 3 is 2.19 bits per heavy atom. The summed E-state index contributed by atoms with van der Waals surface area (Å²) in [4.78, 5) is 24.6. The monoisotopic (exact) mass is 532 g/mol. The molecule has 0 aliphatic heterocycles. The Bertz CT molecular complexity index is 663. The summed E-state index contributed by atoms with van der Waals surface area (Å²) < 4.78 is 22.7. The van der Waals surface area contributed by atoms with Crippen LogP contribution in [0.15, 0.2) is 24.3 Å². The largest absolute Gasteiger partial charge is 0.756 e. The highest BCUT2D eigenvalue weighted by Crippen LogP contribution is 2.38. The highest BCUT2D eigenvalue weighted by atomic mass is 31.2. The number of hydrogen-bond donors (Lipinski definition) is 2. The van der Waals surface area contributed by atoms with Crippen molar-refractivity contribution in [2.24, 2.45) is 0 Å². The Morgan fingerprint density at radius 1 is 0.944 bits per heavy atom. The van der Waals surface area contributed by atoms with Gasteiger partial charge in [0.05, 0.1) is 39.9 Å². The first-order chi connectivity index (χ1) is 17.0. The number of allylic oxidation sites excluding steroid dienone is 3. The van der Waals surface area contributed by atoms with Gasteiger partial charge in [0, 0.05) is 6.42 Å². The van der Waals surface area contributed by atoms with Crippen LogP contribution in [-0.2, 0) is 18.4 Å². The van der Waals surface area contributed by atoms with E-state index in [0.717, 1.165) is 44.9 Å². The molecule has 3 atom stereocenters. The summed E-state index contributed by atoms with van der Waals surface area (Å²) in [6.45, 7) is 4.39. The number of carbonyl (C=O) groups excluding carboxylic acids is 1. The lowest BCUT2D eigenvalue weighted by Gasteiger charge is -2.29. The number of nitrogens with one attached hydrogen (secondary N) is 1. The van der Waals surface area contributed by atoms with Crippen LogP contribution in [0, 0.1) is 0 Å². The van der Waals surface area contributed by atoms with Crippen LogP contribution in [0.2, 0.25) is 0 Å². The molecule has 0 fully saturated rings.